The average molecular weight is 399 g/mol. The molecule has 7 nitrogen and oxygen atoms in total. The molecule has 30 heavy (non-hydrogen) atoms. The van der Waals surface area contributed by atoms with Crippen LogP contribution in [0.1, 0.15) is 10.4 Å². The van der Waals surface area contributed by atoms with Crippen LogP contribution in [-0.2, 0) is 0 Å². The van der Waals surface area contributed by atoms with Crippen molar-refractivity contribution in [3.8, 4) is 17.4 Å². The van der Waals surface area contributed by atoms with Crippen LogP contribution in [0.3, 0.4) is 0 Å². The lowest BCUT2D eigenvalue weighted by molar-refractivity contribution is 0.102. The van der Waals surface area contributed by atoms with E-state index in [4.69, 9.17) is 4.74 Å². The maximum absolute atomic E-state index is 12.4. The standard InChI is InChI=1S/C23H21N5O2/c1-27(2)19-9-5-17(6-10-19)23(29)26-18-7-11-20(12-8-18)30-22-15-21(24-16-25-22)28-13-3-4-14-28/h3-16H,1-2H3,(H,26,29). The SMILES string of the molecule is CN(C)c1ccc(C(=O)Nc2ccc(Oc3cc(-n4cccc4)ncn3)cc2)cc1. The summed E-state index contributed by atoms with van der Waals surface area (Å²) in [4.78, 5) is 22.8. The van der Waals surface area contributed by atoms with Crippen LogP contribution in [0.25, 0.3) is 5.82 Å². The molecule has 0 bridgehead atoms. The van der Waals surface area contributed by atoms with Crippen LogP contribution in [0, 0.1) is 0 Å². The van der Waals surface area contributed by atoms with Crippen molar-refractivity contribution in [2.75, 3.05) is 24.3 Å². The average Bonchev–Trinajstić information content (AvgIpc) is 3.30. The molecule has 0 fully saturated rings. The van der Waals surface area contributed by atoms with Crippen molar-refractivity contribution in [3.05, 3.63) is 91.0 Å². The summed E-state index contributed by atoms with van der Waals surface area (Å²) in [7, 11) is 3.92. The first-order valence-corrected chi connectivity index (χ1v) is 9.40. The summed E-state index contributed by atoms with van der Waals surface area (Å²) in [6.45, 7) is 0. The van der Waals surface area contributed by atoms with Crippen molar-refractivity contribution in [2.45, 2.75) is 0 Å². The summed E-state index contributed by atoms with van der Waals surface area (Å²) in [6.07, 6.45) is 5.26. The Hall–Kier alpha value is -4.13. The lowest BCUT2D eigenvalue weighted by Crippen LogP contribution is -2.13. The van der Waals surface area contributed by atoms with Gasteiger partial charge in [0, 0.05) is 49.5 Å². The van der Waals surface area contributed by atoms with Crippen LogP contribution in [-0.4, -0.2) is 34.5 Å². The van der Waals surface area contributed by atoms with Crippen LogP contribution in [0.4, 0.5) is 11.4 Å². The molecule has 2 aromatic carbocycles. The smallest absolute Gasteiger partial charge is 0.255 e. The van der Waals surface area contributed by atoms with Crippen molar-refractivity contribution in [2.24, 2.45) is 0 Å². The van der Waals surface area contributed by atoms with Gasteiger partial charge < -0.3 is 19.5 Å². The van der Waals surface area contributed by atoms with E-state index in [1.807, 2.05) is 60.2 Å². The molecule has 1 amide bonds. The fraction of sp³-hybridized carbons (Fsp3) is 0.0870. The first-order chi connectivity index (χ1) is 14.6. The van der Waals surface area contributed by atoms with E-state index in [0.717, 1.165) is 5.69 Å². The molecule has 0 saturated carbocycles. The molecule has 0 aliphatic carbocycles. The summed E-state index contributed by atoms with van der Waals surface area (Å²) in [5.41, 5.74) is 2.32. The third kappa shape index (κ3) is 4.47. The van der Waals surface area contributed by atoms with Gasteiger partial charge in [-0.05, 0) is 60.7 Å². The van der Waals surface area contributed by atoms with Crippen LogP contribution < -0.4 is 15.0 Å². The van der Waals surface area contributed by atoms with Gasteiger partial charge in [-0.2, -0.15) is 0 Å². The van der Waals surface area contributed by atoms with E-state index in [0.29, 0.717) is 28.7 Å². The fourth-order valence-electron chi connectivity index (χ4n) is 2.86. The summed E-state index contributed by atoms with van der Waals surface area (Å²) < 4.78 is 7.69. The van der Waals surface area contributed by atoms with Gasteiger partial charge in [-0.25, -0.2) is 9.97 Å². The summed E-state index contributed by atoms with van der Waals surface area (Å²) in [5, 5.41) is 2.89. The molecular weight excluding hydrogens is 378 g/mol. The van der Waals surface area contributed by atoms with E-state index >= 15 is 0 Å². The van der Waals surface area contributed by atoms with Gasteiger partial charge in [0.2, 0.25) is 5.88 Å². The monoisotopic (exact) mass is 399 g/mol. The molecule has 2 heterocycles. The number of benzene rings is 2. The minimum absolute atomic E-state index is 0.166. The third-order valence-electron chi connectivity index (χ3n) is 4.48. The molecule has 0 saturated heterocycles. The van der Waals surface area contributed by atoms with Gasteiger partial charge in [-0.1, -0.05) is 0 Å². The van der Waals surface area contributed by atoms with Crippen LogP contribution in [0.15, 0.2) is 85.5 Å². The Kier molecular flexibility index (Phi) is 5.43. The van der Waals surface area contributed by atoms with Crippen molar-refractivity contribution in [1.29, 1.82) is 0 Å². The molecule has 0 aliphatic rings. The number of nitrogens with zero attached hydrogens (tertiary/aromatic N) is 4. The number of carbonyl (C=O) groups is 1. The first kappa shape index (κ1) is 19.2. The number of aromatic nitrogens is 3. The third-order valence-corrected chi connectivity index (χ3v) is 4.48. The Bertz CT molecular complexity index is 1120. The molecule has 150 valence electrons. The molecule has 0 aliphatic heterocycles. The summed E-state index contributed by atoms with van der Waals surface area (Å²) in [5.74, 6) is 1.60. The molecular formula is C23H21N5O2. The van der Waals surface area contributed by atoms with E-state index in [1.54, 1.807) is 42.5 Å². The van der Waals surface area contributed by atoms with Crippen molar-refractivity contribution >= 4 is 17.3 Å². The van der Waals surface area contributed by atoms with E-state index < -0.39 is 0 Å². The van der Waals surface area contributed by atoms with Crippen molar-refractivity contribution < 1.29 is 9.53 Å². The van der Waals surface area contributed by atoms with Crippen molar-refractivity contribution in [1.82, 2.24) is 14.5 Å². The number of carbonyl (C=O) groups excluding carboxylic acids is 1. The largest absolute Gasteiger partial charge is 0.439 e. The van der Waals surface area contributed by atoms with E-state index in [-0.39, 0.29) is 5.91 Å². The summed E-state index contributed by atoms with van der Waals surface area (Å²) in [6, 6.07) is 20.2. The lowest BCUT2D eigenvalue weighted by Gasteiger charge is -2.12. The number of rotatable bonds is 6. The first-order valence-electron chi connectivity index (χ1n) is 9.40. The number of nitrogens with one attached hydrogen (secondary N) is 1. The van der Waals surface area contributed by atoms with Crippen LogP contribution in [0.2, 0.25) is 0 Å². The zero-order valence-corrected chi connectivity index (χ0v) is 16.7. The number of amides is 1. The number of ether oxygens (including phenoxy) is 1. The maximum Gasteiger partial charge on any atom is 0.255 e. The van der Waals surface area contributed by atoms with Gasteiger partial charge in [0.05, 0.1) is 0 Å². The second kappa shape index (κ2) is 8.48. The second-order valence-corrected chi connectivity index (χ2v) is 6.83. The number of anilines is 2. The lowest BCUT2D eigenvalue weighted by atomic mass is 10.2. The molecule has 1 N–H and O–H groups in total. The zero-order chi connectivity index (χ0) is 20.9. The quantitative estimate of drug-likeness (QED) is 0.521. The highest BCUT2D eigenvalue weighted by Crippen LogP contribution is 2.23. The Balaban J connectivity index is 1.40. The van der Waals surface area contributed by atoms with E-state index in [9.17, 15) is 4.79 Å². The molecule has 0 spiro atoms. The zero-order valence-electron chi connectivity index (χ0n) is 16.7. The molecule has 4 rings (SSSR count). The normalized spacial score (nSPS) is 10.5. The Morgan fingerprint density at radius 1 is 0.967 bits per heavy atom. The predicted octanol–water partition coefficient (Wildman–Crippen LogP) is 4.38. The second-order valence-electron chi connectivity index (χ2n) is 6.83. The topological polar surface area (TPSA) is 72.3 Å². The Morgan fingerprint density at radius 3 is 2.33 bits per heavy atom. The predicted molar refractivity (Wildman–Crippen MR) is 117 cm³/mol. The van der Waals surface area contributed by atoms with Gasteiger partial charge in [-0.3, -0.25) is 4.79 Å². The molecule has 7 heteroatoms. The molecule has 2 aromatic heterocycles. The molecule has 0 unspecified atom stereocenters. The minimum Gasteiger partial charge on any atom is -0.439 e. The molecule has 4 aromatic rings. The van der Waals surface area contributed by atoms with Gasteiger partial charge >= 0.3 is 0 Å². The maximum atomic E-state index is 12.4. The Morgan fingerprint density at radius 2 is 1.67 bits per heavy atom. The van der Waals surface area contributed by atoms with E-state index in [2.05, 4.69) is 15.3 Å². The van der Waals surface area contributed by atoms with Gasteiger partial charge in [0.25, 0.3) is 5.91 Å². The fourth-order valence-corrected chi connectivity index (χ4v) is 2.86. The minimum atomic E-state index is -0.166. The highest BCUT2D eigenvalue weighted by atomic mass is 16.5. The highest BCUT2D eigenvalue weighted by molar-refractivity contribution is 6.04. The van der Waals surface area contributed by atoms with Crippen LogP contribution in [0.5, 0.6) is 11.6 Å². The number of hydrogen-bond acceptors (Lipinski definition) is 5. The Labute approximate surface area is 174 Å². The summed E-state index contributed by atoms with van der Waals surface area (Å²) >= 11 is 0. The van der Waals surface area contributed by atoms with Gasteiger partial charge in [0.1, 0.15) is 17.9 Å². The van der Waals surface area contributed by atoms with Gasteiger partial charge in [-0.15, -0.1) is 0 Å². The van der Waals surface area contributed by atoms with Crippen LogP contribution >= 0.6 is 0 Å². The van der Waals surface area contributed by atoms with Gasteiger partial charge in [0.15, 0.2) is 0 Å². The van der Waals surface area contributed by atoms with Crippen molar-refractivity contribution in [3.63, 3.8) is 0 Å². The molecule has 0 atom stereocenters. The highest BCUT2D eigenvalue weighted by Gasteiger charge is 2.08. The number of hydrogen-bond donors (Lipinski definition) is 1. The molecule has 0 radical (unpaired) electrons. The van der Waals surface area contributed by atoms with E-state index in [1.165, 1.54) is 6.33 Å².